The number of carbonyl (C=O) groups is 2. The van der Waals surface area contributed by atoms with E-state index in [4.69, 9.17) is 0 Å². The monoisotopic (exact) mass is 452 g/mol. The molecule has 0 aromatic heterocycles. The predicted molar refractivity (Wildman–Crippen MR) is 131 cm³/mol. The molecule has 3 atom stereocenters. The largest absolute Gasteiger partial charge is 0.390 e. The summed E-state index contributed by atoms with van der Waals surface area (Å²) in [5.74, 6) is -0.444. The van der Waals surface area contributed by atoms with E-state index in [0.29, 0.717) is 32.5 Å². The van der Waals surface area contributed by atoms with Crippen molar-refractivity contribution in [2.75, 3.05) is 39.1 Å². The molecule has 0 spiro atoms. The Morgan fingerprint density at radius 1 is 1.15 bits per heavy atom. The Bertz CT molecular complexity index is 919. The number of aliphatic hydroxyl groups excluding tert-OH is 1. The number of aliphatic hydroxyl groups is 1. The Kier molecular flexibility index (Phi) is 8.86. The molecule has 0 bridgehead atoms. The van der Waals surface area contributed by atoms with Gasteiger partial charge in [-0.3, -0.25) is 9.59 Å². The highest BCUT2D eigenvalue weighted by atomic mass is 16.3. The van der Waals surface area contributed by atoms with Gasteiger partial charge in [0.15, 0.2) is 0 Å². The molecule has 0 saturated carbocycles. The first-order chi connectivity index (χ1) is 15.8. The van der Waals surface area contributed by atoms with Crippen molar-refractivity contribution in [2.45, 2.75) is 38.0 Å². The summed E-state index contributed by atoms with van der Waals surface area (Å²) < 4.78 is 0. The van der Waals surface area contributed by atoms with Gasteiger partial charge in [0, 0.05) is 58.8 Å². The minimum atomic E-state index is -0.770. The summed E-state index contributed by atoms with van der Waals surface area (Å²) in [6.07, 6.45) is 0.603. The first-order valence-corrected chi connectivity index (χ1v) is 11.6. The molecule has 1 aliphatic heterocycles. The van der Waals surface area contributed by atoms with Crippen molar-refractivity contribution in [3.63, 3.8) is 0 Å². The van der Waals surface area contributed by atoms with Crippen LogP contribution >= 0.6 is 0 Å². The highest BCUT2D eigenvalue weighted by Crippen LogP contribution is 2.20. The van der Waals surface area contributed by atoms with Crippen molar-refractivity contribution in [1.82, 2.24) is 15.5 Å². The molecule has 0 aliphatic carbocycles. The fourth-order valence-corrected chi connectivity index (χ4v) is 4.18. The van der Waals surface area contributed by atoms with Crippen LogP contribution in [0.5, 0.6) is 0 Å². The zero-order valence-electron chi connectivity index (χ0n) is 19.8. The van der Waals surface area contributed by atoms with Crippen molar-refractivity contribution < 1.29 is 14.7 Å². The molecular formula is C26H36N4O3. The predicted octanol–water partition coefficient (Wildman–Crippen LogP) is 1.80. The van der Waals surface area contributed by atoms with Crippen molar-refractivity contribution in [1.29, 1.82) is 0 Å². The van der Waals surface area contributed by atoms with Crippen LogP contribution in [0.1, 0.15) is 24.0 Å². The van der Waals surface area contributed by atoms with Gasteiger partial charge in [-0.05, 0) is 36.1 Å². The number of nitrogens with zero attached hydrogens (tertiary/aromatic N) is 2. The Morgan fingerprint density at radius 3 is 2.55 bits per heavy atom. The SMILES string of the molecule is CN1CCC(CC(=O)N[C@@H](Cc2ccccc2)[C@H](O)CNCc2cccc(N(C)C)c2)C1=O. The number of hydrogen-bond acceptors (Lipinski definition) is 5. The molecule has 3 N–H and O–H groups in total. The molecule has 7 heteroatoms. The van der Waals surface area contributed by atoms with E-state index in [1.807, 2.05) is 56.6 Å². The highest BCUT2D eigenvalue weighted by Gasteiger charge is 2.32. The van der Waals surface area contributed by atoms with Gasteiger partial charge in [0.25, 0.3) is 0 Å². The van der Waals surface area contributed by atoms with Crippen LogP contribution in [-0.4, -0.2) is 68.2 Å². The second-order valence-corrected chi connectivity index (χ2v) is 9.08. The van der Waals surface area contributed by atoms with E-state index in [1.165, 1.54) is 0 Å². The van der Waals surface area contributed by atoms with Crippen molar-refractivity contribution in [2.24, 2.45) is 5.92 Å². The highest BCUT2D eigenvalue weighted by molar-refractivity contribution is 5.87. The molecule has 1 saturated heterocycles. The third kappa shape index (κ3) is 7.30. The van der Waals surface area contributed by atoms with Crippen molar-refractivity contribution >= 4 is 17.5 Å². The van der Waals surface area contributed by atoms with Crippen LogP contribution in [-0.2, 0) is 22.6 Å². The summed E-state index contributed by atoms with van der Waals surface area (Å²) in [7, 11) is 5.77. The van der Waals surface area contributed by atoms with Gasteiger partial charge < -0.3 is 25.5 Å². The lowest BCUT2D eigenvalue weighted by Crippen LogP contribution is -2.49. The summed E-state index contributed by atoms with van der Waals surface area (Å²) in [5, 5.41) is 17.2. The van der Waals surface area contributed by atoms with Gasteiger partial charge in [-0.15, -0.1) is 0 Å². The number of nitrogens with one attached hydrogen (secondary N) is 2. The molecule has 3 rings (SSSR count). The van der Waals surface area contributed by atoms with Crippen LogP contribution in [0.2, 0.25) is 0 Å². The topological polar surface area (TPSA) is 84.9 Å². The number of hydrogen-bond donors (Lipinski definition) is 3. The summed E-state index contributed by atoms with van der Waals surface area (Å²) in [6.45, 7) is 1.65. The smallest absolute Gasteiger partial charge is 0.226 e. The molecule has 1 aliphatic rings. The zero-order chi connectivity index (χ0) is 23.8. The molecule has 33 heavy (non-hydrogen) atoms. The van der Waals surface area contributed by atoms with Crippen LogP contribution in [0.15, 0.2) is 54.6 Å². The third-order valence-electron chi connectivity index (χ3n) is 6.19. The molecule has 2 amide bonds. The molecule has 178 valence electrons. The van der Waals surface area contributed by atoms with Gasteiger partial charge in [-0.1, -0.05) is 42.5 Å². The van der Waals surface area contributed by atoms with Gasteiger partial charge in [0.05, 0.1) is 12.1 Å². The first kappa shape index (κ1) is 24.7. The molecule has 1 unspecified atom stereocenters. The number of rotatable bonds is 11. The van der Waals surface area contributed by atoms with E-state index in [-0.39, 0.29) is 24.2 Å². The lowest BCUT2D eigenvalue weighted by molar-refractivity contribution is -0.133. The molecular weight excluding hydrogens is 416 g/mol. The minimum absolute atomic E-state index is 0.0203. The molecule has 1 fully saturated rings. The summed E-state index contributed by atoms with van der Waals surface area (Å²) in [5.41, 5.74) is 3.29. The van der Waals surface area contributed by atoms with E-state index in [0.717, 1.165) is 16.8 Å². The third-order valence-corrected chi connectivity index (χ3v) is 6.19. The Morgan fingerprint density at radius 2 is 1.88 bits per heavy atom. The van der Waals surface area contributed by atoms with E-state index in [9.17, 15) is 14.7 Å². The number of carbonyl (C=O) groups excluding carboxylic acids is 2. The lowest BCUT2D eigenvalue weighted by Gasteiger charge is -2.25. The van der Waals surface area contributed by atoms with E-state index >= 15 is 0 Å². The number of likely N-dealkylation sites (tertiary alicyclic amines) is 1. The normalized spacial score (nSPS) is 17.6. The maximum absolute atomic E-state index is 12.7. The standard InChI is InChI=1S/C26H36N4O3/c1-29(2)22-11-7-10-20(14-22)17-27-18-24(31)23(15-19-8-5-4-6-9-19)28-25(32)16-21-12-13-30(3)26(21)33/h4-11,14,21,23-24,27,31H,12-13,15-18H2,1-3H3,(H,28,32)/t21?,23-,24+/m0/s1. The fraction of sp³-hybridized carbons (Fsp3) is 0.462. The van der Waals surface area contributed by atoms with Crippen LogP contribution in [0, 0.1) is 5.92 Å². The molecule has 2 aromatic carbocycles. The van der Waals surface area contributed by atoms with Crippen LogP contribution in [0.4, 0.5) is 5.69 Å². The minimum Gasteiger partial charge on any atom is -0.390 e. The first-order valence-electron chi connectivity index (χ1n) is 11.6. The van der Waals surface area contributed by atoms with Crippen molar-refractivity contribution in [3.05, 3.63) is 65.7 Å². The fourth-order valence-electron chi connectivity index (χ4n) is 4.18. The quantitative estimate of drug-likeness (QED) is 0.484. The Balaban J connectivity index is 1.58. The number of anilines is 1. The second kappa shape index (κ2) is 11.8. The average molecular weight is 453 g/mol. The number of amides is 2. The Hall–Kier alpha value is -2.90. The molecule has 0 radical (unpaired) electrons. The van der Waals surface area contributed by atoms with Crippen LogP contribution in [0.25, 0.3) is 0 Å². The Labute approximate surface area is 196 Å². The summed E-state index contributed by atoms with van der Waals surface area (Å²) in [6, 6.07) is 17.6. The summed E-state index contributed by atoms with van der Waals surface area (Å²) >= 11 is 0. The summed E-state index contributed by atoms with van der Waals surface area (Å²) in [4.78, 5) is 28.6. The van der Waals surface area contributed by atoms with E-state index in [1.54, 1.807) is 11.9 Å². The van der Waals surface area contributed by atoms with Gasteiger partial charge >= 0.3 is 0 Å². The second-order valence-electron chi connectivity index (χ2n) is 9.08. The molecule has 7 nitrogen and oxygen atoms in total. The van der Waals surface area contributed by atoms with Crippen LogP contribution < -0.4 is 15.5 Å². The average Bonchev–Trinajstić information content (AvgIpc) is 3.11. The zero-order valence-corrected chi connectivity index (χ0v) is 19.8. The van der Waals surface area contributed by atoms with Crippen LogP contribution in [0.3, 0.4) is 0 Å². The maximum atomic E-state index is 12.7. The van der Waals surface area contributed by atoms with E-state index < -0.39 is 12.1 Å². The van der Waals surface area contributed by atoms with Gasteiger partial charge in [-0.25, -0.2) is 0 Å². The molecule has 1 heterocycles. The van der Waals surface area contributed by atoms with Crippen molar-refractivity contribution in [3.8, 4) is 0 Å². The maximum Gasteiger partial charge on any atom is 0.226 e. The number of benzene rings is 2. The van der Waals surface area contributed by atoms with Gasteiger partial charge in [0.2, 0.25) is 11.8 Å². The van der Waals surface area contributed by atoms with Gasteiger partial charge in [-0.2, -0.15) is 0 Å². The molecule has 2 aromatic rings. The van der Waals surface area contributed by atoms with E-state index in [2.05, 4.69) is 27.7 Å². The van der Waals surface area contributed by atoms with Gasteiger partial charge in [0.1, 0.15) is 0 Å². The lowest BCUT2D eigenvalue weighted by atomic mass is 9.99.